The molecule has 0 amide bonds. The second kappa shape index (κ2) is 12.0. The Hall–Kier alpha value is -1.65. The molecule has 0 aliphatic rings. The Labute approximate surface area is 133 Å². The van der Waals surface area contributed by atoms with Gasteiger partial charge in [0.1, 0.15) is 6.20 Å². The quantitative estimate of drug-likeness (QED) is 0.282. The number of rotatable bonds is 13. The van der Waals surface area contributed by atoms with Crippen LogP contribution in [0, 0.1) is 10.1 Å². The Kier molecular flexibility index (Phi) is 9.99. The van der Waals surface area contributed by atoms with Gasteiger partial charge in [0.05, 0.1) is 11.5 Å². The van der Waals surface area contributed by atoms with E-state index < -0.39 is 4.92 Å². The molecule has 1 heterocycles. The van der Waals surface area contributed by atoms with Gasteiger partial charge in [-0.05, 0) is 6.42 Å². The third kappa shape index (κ3) is 7.96. The molecule has 124 valence electrons. The molecule has 0 atom stereocenters. The fourth-order valence-corrected chi connectivity index (χ4v) is 2.40. The molecule has 0 unspecified atom stereocenters. The van der Waals surface area contributed by atoms with Gasteiger partial charge in [-0.3, -0.25) is 15.1 Å². The van der Waals surface area contributed by atoms with E-state index in [4.69, 9.17) is 4.74 Å². The van der Waals surface area contributed by atoms with E-state index in [0.29, 0.717) is 12.4 Å². The minimum absolute atomic E-state index is 0.0606. The van der Waals surface area contributed by atoms with E-state index in [0.717, 1.165) is 12.8 Å². The second-order valence-corrected chi connectivity index (χ2v) is 5.63. The SMILES string of the molecule is CCCCCCCCCCCCOc1ccncc1[N+](=O)[O-]. The predicted molar refractivity (Wildman–Crippen MR) is 88.2 cm³/mol. The maximum absolute atomic E-state index is 10.8. The van der Waals surface area contributed by atoms with Crippen LogP contribution in [0.5, 0.6) is 5.75 Å². The fraction of sp³-hybridized carbons (Fsp3) is 0.706. The van der Waals surface area contributed by atoms with E-state index in [2.05, 4.69) is 11.9 Å². The van der Waals surface area contributed by atoms with E-state index in [1.54, 1.807) is 6.07 Å². The molecular weight excluding hydrogens is 280 g/mol. The van der Waals surface area contributed by atoms with Crippen LogP contribution in [-0.4, -0.2) is 16.5 Å². The van der Waals surface area contributed by atoms with Crippen molar-refractivity contribution < 1.29 is 9.66 Å². The molecule has 0 spiro atoms. The van der Waals surface area contributed by atoms with Crippen LogP contribution in [0.3, 0.4) is 0 Å². The molecule has 22 heavy (non-hydrogen) atoms. The normalized spacial score (nSPS) is 10.6. The molecule has 0 radical (unpaired) electrons. The summed E-state index contributed by atoms with van der Waals surface area (Å²) in [7, 11) is 0. The Balaban J connectivity index is 2.01. The van der Waals surface area contributed by atoms with Crippen LogP contribution in [-0.2, 0) is 0 Å². The summed E-state index contributed by atoms with van der Waals surface area (Å²) in [5, 5.41) is 10.8. The first-order valence-corrected chi connectivity index (χ1v) is 8.47. The lowest BCUT2D eigenvalue weighted by Crippen LogP contribution is -2.01. The first kappa shape index (κ1) is 18.4. The number of nitro groups is 1. The van der Waals surface area contributed by atoms with Gasteiger partial charge in [-0.1, -0.05) is 64.7 Å². The number of hydrogen-bond donors (Lipinski definition) is 0. The van der Waals surface area contributed by atoms with E-state index in [1.165, 1.54) is 63.8 Å². The Morgan fingerprint density at radius 2 is 1.64 bits per heavy atom. The van der Waals surface area contributed by atoms with Gasteiger partial charge >= 0.3 is 5.69 Å². The van der Waals surface area contributed by atoms with E-state index in [9.17, 15) is 10.1 Å². The van der Waals surface area contributed by atoms with Gasteiger partial charge in [-0.2, -0.15) is 0 Å². The number of pyridine rings is 1. The summed E-state index contributed by atoms with van der Waals surface area (Å²) in [6.45, 7) is 2.77. The van der Waals surface area contributed by atoms with Gasteiger partial charge in [-0.15, -0.1) is 0 Å². The number of aromatic nitrogens is 1. The molecule has 0 fully saturated rings. The molecule has 0 aromatic carbocycles. The van der Waals surface area contributed by atoms with Crippen LogP contribution in [0.2, 0.25) is 0 Å². The van der Waals surface area contributed by atoms with Crippen molar-refractivity contribution in [3.63, 3.8) is 0 Å². The van der Waals surface area contributed by atoms with Gasteiger partial charge in [0.25, 0.3) is 0 Å². The van der Waals surface area contributed by atoms with Gasteiger partial charge in [-0.25, -0.2) is 0 Å². The standard InChI is InChI=1S/C17H28N2O3/c1-2-3-4-5-6-7-8-9-10-11-14-22-17-12-13-18-15-16(17)19(20)21/h12-13,15H,2-11,14H2,1H3. The maximum Gasteiger partial charge on any atom is 0.329 e. The molecule has 1 rings (SSSR count). The number of nitrogens with zero attached hydrogens (tertiary/aromatic N) is 2. The zero-order chi connectivity index (χ0) is 16.0. The molecule has 0 bridgehead atoms. The van der Waals surface area contributed by atoms with Crippen LogP contribution in [0.25, 0.3) is 0 Å². The minimum Gasteiger partial charge on any atom is -0.487 e. The third-order valence-electron chi connectivity index (χ3n) is 3.71. The van der Waals surface area contributed by atoms with Crippen molar-refractivity contribution in [2.24, 2.45) is 0 Å². The second-order valence-electron chi connectivity index (χ2n) is 5.63. The van der Waals surface area contributed by atoms with Crippen molar-refractivity contribution in [2.75, 3.05) is 6.61 Å². The molecular formula is C17H28N2O3. The summed E-state index contributed by atoms with van der Waals surface area (Å²) >= 11 is 0. The summed E-state index contributed by atoms with van der Waals surface area (Å²) < 4.78 is 5.49. The van der Waals surface area contributed by atoms with Crippen molar-refractivity contribution in [2.45, 2.75) is 71.1 Å². The number of ether oxygens (including phenoxy) is 1. The summed E-state index contributed by atoms with van der Waals surface area (Å²) in [5.41, 5.74) is -0.0606. The first-order valence-electron chi connectivity index (χ1n) is 8.47. The lowest BCUT2D eigenvalue weighted by molar-refractivity contribution is -0.386. The molecule has 1 aromatic heterocycles. The minimum atomic E-state index is -0.457. The fourth-order valence-electron chi connectivity index (χ4n) is 2.40. The van der Waals surface area contributed by atoms with Crippen LogP contribution in [0.1, 0.15) is 71.1 Å². The summed E-state index contributed by atoms with van der Waals surface area (Å²) in [5.74, 6) is 0.316. The third-order valence-corrected chi connectivity index (χ3v) is 3.71. The lowest BCUT2D eigenvalue weighted by Gasteiger charge is -2.06. The molecule has 0 saturated heterocycles. The first-order chi connectivity index (χ1) is 10.8. The topological polar surface area (TPSA) is 65.3 Å². The smallest absolute Gasteiger partial charge is 0.329 e. The van der Waals surface area contributed by atoms with Gasteiger partial charge < -0.3 is 4.74 Å². The molecule has 1 aromatic rings. The van der Waals surface area contributed by atoms with E-state index in [-0.39, 0.29) is 5.69 Å². The zero-order valence-electron chi connectivity index (χ0n) is 13.6. The molecule has 5 heteroatoms. The average Bonchev–Trinajstić information content (AvgIpc) is 2.53. The highest BCUT2D eigenvalue weighted by atomic mass is 16.6. The van der Waals surface area contributed by atoms with Crippen LogP contribution >= 0.6 is 0 Å². The monoisotopic (exact) mass is 308 g/mol. The average molecular weight is 308 g/mol. The number of unbranched alkanes of at least 4 members (excludes halogenated alkanes) is 9. The highest BCUT2D eigenvalue weighted by Crippen LogP contribution is 2.24. The lowest BCUT2D eigenvalue weighted by atomic mass is 10.1. The molecule has 0 saturated carbocycles. The summed E-state index contributed by atoms with van der Waals surface area (Å²) in [6, 6.07) is 1.55. The van der Waals surface area contributed by atoms with Crippen molar-refractivity contribution in [3.8, 4) is 5.75 Å². The Morgan fingerprint density at radius 3 is 2.23 bits per heavy atom. The zero-order valence-corrected chi connectivity index (χ0v) is 13.6. The summed E-state index contributed by atoms with van der Waals surface area (Å²) in [4.78, 5) is 14.1. The molecule has 0 aliphatic carbocycles. The van der Waals surface area contributed by atoms with Gasteiger partial charge in [0.2, 0.25) is 0 Å². The van der Waals surface area contributed by atoms with Crippen molar-refractivity contribution >= 4 is 5.69 Å². The van der Waals surface area contributed by atoms with Gasteiger partial charge in [0.15, 0.2) is 5.75 Å². The molecule has 0 N–H and O–H groups in total. The van der Waals surface area contributed by atoms with Crippen molar-refractivity contribution in [3.05, 3.63) is 28.6 Å². The molecule has 5 nitrogen and oxygen atoms in total. The van der Waals surface area contributed by atoms with Crippen LogP contribution < -0.4 is 4.74 Å². The largest absolute Gasteiger partial charge is 0.487 e. The van der Waals surface area contributed by atoms with Crippen molar-refractivity contribution in [1.29, 1.82) is 0 Å². The van der Waals surface area contributed by atoms with Crippen LogP contribution in [0.4, 0.5) is 5.69 Å². The number of hydrogen-bond acceptors (Lipinski definition) is 4. The molecule has 0 aliphatic heterocycles. The Morgan fingerprint density at radius 1 is 1.05 bits per heavy atom. The Bertz CT molecular complexity index is 424. The predicted octanol–water partition coefficient (Wildman–Crippen LogP) is 5.29. The van der Waals surface area contributed by atoms with Crippen LogP contribution in [0.15, 0.2) is 18.5 Å². The highest BCUT2D eigenvalue weighted by molar-refractivity contribution is 5.42. The maximum atomic E-state index is 10.8. The summed E-state index contributed by atoms with van der Waals surface area (Å²) in [6.07, 6.45) is 15.4. The van der Waals surface area contributed by atoms with E-state index in [1.807, 2.05) is 0 Å². The van der Waals surface area contributed by atoms with Gasteiger partial charge in [0, 0.05) is 12.3 Å². The van der Waals surface area contributed by atoms with Crippen molar-refractivity contribution in [1.82, 2.24) is 4.98 Å². The van der Waals surface area contributed by atoms with E-state index >= 15 is 0 Å². The highest BCUT2D eigenvalue weighted by Gasteiger charge is 2.13.